The summed E-state index contributed by atoms with van der Waals surface area (Å²) in [6, 6.07) is -0.170. The Bertz CT molecular complexity index is 647. The number of aromatic nitrogens is 2. The molecule has 0 bridgehead atoms. The number of aryl methyl sites for hydroxylation is 2. The Morgan fingerprint density at radius 2 is 2.25 bits per heavy atom. The SMILES string of the molecule is O=C(NCc1cn2c(n1)CCCC2)N1C[C@@H]2CCC[C@@]2(C(=O)O)C1. The minimum atomic E-state index is -0.748. The molecule has 0 unspecified atom stereocenters. The summed E-state index contributed by atoms with van der Waals surface area (Å²) in [7, 11) is 0. The molecule has 3 heterocycles. The molecule has 2 N–H and O–H groups in total. The van der Waals surface area contributed by atoms with Crippen LogP contribution in [0, 0.1) is 11.3 Å². The number of rotatable bonds is 3. The first-order valence-corrected chi connectivity index (χ1v) is 8.89. The number of nitrogens with one attached hydrogen (secondary N) is 1. The highest BCUT2D eigenvalue weighted by atomic mass is 16.4. The van der Waals surface area contributed by atoms with Crippen LogP contribution >= 0.6 is 0 Å². The fraction of sp³-hybridized carbons (Fsp3) is 0.706. The number of amides is 2. The van der Waals surface area contributed by atoms with E-state index in [4.69, 9.17) is 0 Å². The van der Waals surface area contributed by atoms with Crippen LogP contribution in [0.25, 0.3) is 0 Å². The number of hydrogen-bond acceptors (Lipinski definition) is 3. The van der Waals surface area contributed by atoms with E-state index in [9.17, 15) is 14.7 Å². The van der Waals surface area contributed by atoms with E-state index >= 15 is 0 Å². The van der Waals surface area contributed by atoms with Crippen LogP contribution < -0.4 is 5.32 Å². The van der Waals surface area contributed by atoms with Crippen LogP contribution in [0.15, 0.2) is 6.20 Å². The fourth-order valence-corrected chi connectivity index (χ4v) is 4.63. The first-order chi connectivity index (χ1) is 11.6. The van der Waals surface area contributed by atoms with Gasteiger partial charge in [0.25, 0.3) is 0 Å². The molecule has 1 aromatic heterocycles. The number of imidazole rings is 1. The van der Waals surface area contributed by atoms with Gasteiger partial charge < -0.3 is 19.9 Å². The quantitative estimate of drug-likeness (QED) is 0.880. The average Bonchev–Trinajstić information content (AvgIpc) is 3.23. The number of aliphatic carboxylic acids is 1. The molecule has 7 nitrogen and oxygen atoms in total. The summed E-state index contributed by atoms with van der Waals surface area (Å²) < 4.78 is 2.17. The fourth-order valence-electron chi connectivity index (χ4n) is 4.63. The van der Waals surface area contributed by atoms with Crippen molar-refractivity contribution in [3.05, 3.63) is 17.7 Å². The lowest BCUT2D eigenvalue weighted by molar-refractivity contribution is -0.149. The van der Waals surface area contributed by atoms with Crippen LogP contribution in [-0.2, 0) is 24.3 Å². The summed E-state index contributed by atoms with van der Waals surface area (Å²) in [5.74, 6) is 0.453. The predicted molar refractivity (Wildman–Crippen MR) is 86.4 cm³/mol. The van der Waals surface area contributed by atoms with E-state index in [2.05, 4.69) is 14.9 Å². The van der Waals surface area contributed by atoms with Gasteiger partial charge in [0.1, 0.15) is 5.82 Å². The smallest absolute Gasteiger partial charge is 0.317 e. The van der Waals surface area contributed by atoms with E-state index < -0.39 is 11.4 Å². The van der Waals surface area contributed by atoms with E-state index in [0.29, 0.717) is 26.1 Å². The summed E-state index contributed by atoms with van der Waals surface area (Å²) in [5, 5.41) is 12.5. The zero-order chi connectivity index (χ0) is 16.7. The van der Waals surface area contributed by atoms with Gasteiger partial charge in [-0.2, -0.15) is 0 Å². The lowest BCUT2D eigenvalue weighted by Crippen LogP contribution is -2.41. The molecule has 0 spiro atoms. The van der Waals surface area contributed by atoms with E-state index in [1.54, 1.807) is 4.90 Å². The molecular weight excluding hydrogens is 308 g/mol. The second-order valence-electron chi connectivity index (χ2n) is 7.39. The van der Waals surface area contributed by atoms with Crippen molar-refractivity contribution in [3.8, 4) is 0 Å². The molecule has 130 valence electrons. The van der Waals surface area contributed by atoms with Gasteiger partial charge in [0.05, 0.1) is 17.7 Å². The zero-order valence-electron chi connectivity index (χ0n) is 13.8. The Hall–Kier alpha value is -2.05. The van der Waals surface area contributed by atoms with Crippen molar-refractivity contribution in [1.82, 2.24) is 19.8 Å². The van der Waals surface area contributed by atoms with Crippen LogP contribution in [0.1, 0.15) is 43.6 Å². The van der Waals surface area contributed by atoms with E-state index in [1.807, 2.05) is 6.20 Å². The number of urea groups is 1. The van der Waals surface area contributed by atoms with Crippen LogP contribution in [-0.4, -0.2) is 44.6 Å². The van der Waals surface area contributed by atoms with Gasteiger partial charge in [-0.05, 0) is 31.6 Å². The molecule has 7 heteroatoms. The third-order valence-electron chi connectivity index (χ3n) is 5.96. The average molecular weight is 332 g/mol. The molecule has 2 amide bonds. The maximum Gasteiger partial charge on any atom is 0.317 e. The molecule has 1 saturated carbocycles. The summed E-state index contributed by atoms with van der Waals surface area (Å²) in [6.45, 7) is 2.29. The summed E-state index contributed by atoms with van der Waals surface area (Å²) >= 11 is 0. The van der Waals surface area contributed by atoms with Crippen LogP contribution in [0.2, 0.25) is 0 Å². The topological polar surface area (TPSA) is 87.5 Å². The molecule has 2 atom stereocenters. The van der Waals surface area contributed by atoms with Crippen molar-refractivity contribution in [3.63, 3.8) is 0 Å². The molecule has 1 saturated heterocycles. The van der Waals surface area contributed by atoms with Crippen molar-refractivity contribution in [2.24, 2.45) is 11.3 Å². The maximum atomic E-state index is 12.4. The molecular formula is C17H24N4O3. The highest BCUT2D eigenvalue weighted by molar-refractivity contribution is 5.80. The van der Waals surface area contributed by atoms with E-state index in [-0.39, 0.29) is 11.9 Å². The molecule has 4 rings (SSSR count). The summed E-state index contributed by atoms with van der Waals surface area (Å²) in [4.78, 5) is 30.4. The normalized spacial score (nSPS) is 28.5. The number of carboxylic acid groups (broad SMARTS) is 1. The largest absolute Gasteiger partial charge is 0.481 e. The standard InChI is InChI=1S/C17H24N4O3/c22-15(23)17-6-3-4-12(17)9-21(11-17)16(24)18-8-13-10-20-7-2-1-5-14(20)19-13/h10,12H,1-9,11H2,(H,18,24)(H,22,23)/t12-,17+/m0/s1. The number of carbonyl (C=O) groups is 2. The molecule has 0 aromatic carbocycles. The van der Waals surface area contributed by atoms with Gasteiger partial charge in [0.15, 0.2) is 0 Å². The monoisotopic (exact) mass is 332 g/mol. The van der Waals surface area contributed by atoms with Crippen molar-refractivity contribution < 1.29 is 14.7 Å². The highest BCUT2D eigenvalue weighted by Crippen LogP contribution is 2.48. The van der Waals surface area contributed by atoms with Crippen molar-refractivity contribution in [2.75, 3.05) is 13.1 Å². The minimum Gasteiger partial charge on any atom is -0.481 e. The summed E-state index contributed by atoms with van der Waals surface area (Å²) in [6.07, 6.45) is 7.92. The van der Waals surface area contributed by atoms with Gasteiger partial charge in [0, 0.05) is 32.3 Å². The molecule has 2 fully saturated rings. The number of carboxylic acids is 1. The van der Waals surface area contributed by atoms with E-state index in [0.717, 1.165) is 37.3 Å². The second kappa shape index (κ2) is 5.79. The van der Waals surface area contributed by atoms with Crippen molar-refractivity contribution in [1.29, 1.82) is 0 Å². The minimum absolute atomic E-state index is 0.0978. The number of hydrogen-bond donors (Lipinski definition) is 2. The molecule has 3 aliphatic rings. The Balaban J connectivity index is 1.37. The number of likely N-dealkylation sites (tertiary alicyclic amines) is 1. The lowest BCUT2D eigenvalue weighted by atomic mass is 9.81. The first-order valence-electron chi connectivity index (χ1n) is 8.89. The third-order valence-corrected chi connectivity index (χ3v) is 5.96. The lowest BCUT2D eigenvalue weighted by Gasteiger charge is -2.23. The van der Waals surface area contributed by atoms with Gasteiger partial charge in [0.2, 0.25) is 0 Å². The number of nitrogens with zero attached hydrogens (tertiary/aromatic N) is 3. The predicted octanol–water partition coefficient (Wildman–Crippen LogP) is 1.62. The van der Waals surface area contributed by atoms with Crippen LogP contribution in [0.4, 0.5) is 4.79 Å². The van der Waals surface area contributed by atoms with Gasteiger partial charge in [-0.15, -0.1) is 0 Å². The zero-order valence-corrected chi connectivity index (χ0v) is 13.8. The van der Waals surface area contributed by atoms with Crippen LogP contribution in [0.3, 0.4) is 0 Å². The van der Waals surface area contributed by atoms with Crippen molar-refractivity contribution >= 4 is 12.0 Å². The van der Waals surface area contributed by atoms with Crippen molar-refractivity contribution in [2.45, 2.75) is 51.6 Å². The molecule has 24 heavy (non-hydrogen) atoms. The van der Waals surface area contributed by atoms with Gasteiger partial charge in [-0.25, -0.2) is 9.78 Å². The second-order valence-corrected chi connectivity index (χ2v) is 7.39. The molecule has 1 aliphatic carbocycles. The molecule has 2 aliphatic heterocycles. The van der Waals surface area contributed by atoms with Gasteiger partial charge in [-0.3, -0.25) is 4.79 Å². The first kappa shape index (κ1) is 15.5. The Labute approximate surface area is 141 Å². The Kier molecular flexibility index (Phi) is 3.73. The van der Waals surface area contributed by atoms with Crippen LogP contribution in [0.5, 0.6) is 0 Å². The third kappa shape index (κ3) is 2.46. The summed E-state index contributed by atoms with van der Waals surface area (Å²) in [5.41, 5.74) is 0.165. The highest BCUT2D eigenvalue weighted by Gasteiger charge is 2.55. The maximum absolute atomic E-state index is 12.4. The Morgan fingerprint density at radius 1 is 1.38 bits per heavy atom. The number of carbonyl (C=O) groups excluding carboxylic acids is 1. The van der Waals surface area contributed by atoms with Gasteiger partial charge in [-0.1, -0.05) is 6.42 Å². The number of fused-ring (bicyclic) bond motifs is 2. The Morgan fingerprint density at radius 3 is 3.00 bits per heavy atom. The molecule has 1 aromatic rings. The van der Waals surface area contributed by atoms with E-state index in [1.165, 1.54) is 12.8 Å². The molecule has 0 radical (unpaired) electrons. The van der Waals surface area contributed by atoms with Gasteiger partial charge >= 0.3 is 12.0 Å².